The highest BCUT2D eigenvalue weighted by molar-refractivity contribution is 5.93. The quantitative estimate of drug-likeness (QED) is 0.819. The van der Waals surface area contributed by atoms with Crippen molar-refractivity contribution in [3.8, 4) is 0 Å². The summed E-state index contributed by atoms with van der Waals surface area (Å²) in [7, 11) is 0. The molecule has 0 radical (unpaired) electrons. The third kappa shape index (κ3) is 2.73. The van der Waals surface area contributed by atoms with Crippen molar-refractivity contribution in [3.05, 3.63) is 23.8 Å². The van der Waals surface area contributed by atoms with E-state index in [0.29, 0.717) is 18.6 Å². The third-order valence-electron chi connectivity index (χ3n) is 2.81. The van der Waals surface area contributed by atoms with Gasteiger partial charge in [-0.1, -0.05) is 13.3 Å². The molecule has 0 aliphatic rings. The van der Waals surface area contributed by atoms with Gasteiger partial charge in [0.05, 0.1) is 0 Å². The second-order valence-corrected chi connectivity index (χ2v) is 4.39. The van der Waals surface area contributed by atoms with Gasteiger partial charge in [0, 0.05) is 11.9 Å². The van der Waals surface area contributed by atoms with E-state index in [1.165, 1.54) is 4.52 Å². The van der Waals surface area contributed by atoms with Crippen LogP contribution in [0.3, 0.4) is 0 Å². The van der Waals surface area contributed by atoms with Crippen molar-refractivity contribution < 1.29 is 14.7 Å². The molecule has 0 bridgehead atoms. The van der Waals surface area contributed by atoms with Crippen LogP contribution in [0, 0.1) is 6.92 Å². The largest absolute Gasteiger partial charge is 0.480 e. The zero-order chi connectivity index (χ0) is 14.7. The minimum atomic E-state index is -1.07. The lowest BCUT2D eigenvalue weighted by Crippen LogP contribution is -2.41. The predicted octanol–water partition coefficient (Wildman–Crippen LogP) is 0.416. The number of carbonyl (C=O) groups excluding carboxylic acids is 1. The van der Waals surface area contributed by atoms with Crippen LogP contribution in [0.2, 0.25) is 0 Å². The van der Waals surface area contributed by atoms with Crippen LogP contribution in [0.4, 0.5) is 0 Å². The van der Waals surface area contributed by atoms with Crippen molar-refractivity contribution >= 4 is 17.7 Å². The van der Waals surface area contributed by atoms with E-state index in [4.69, 9.17) is 5.11 Å². The fourth-order valence-corrected chi connectivity index (χ4v) is 1.77. The molecule has 2 aromatic rings. The van der Waals surface area contributed by atoms with Crippen LogP contribution in [0.15, 0.2) is 12.3 Å². The van der Waals surface area contributed by atoms with Crippen LogP contribution in [-0.4, -0.2) is 42.6 Å². The van der Waals surface area contributed by atoms with Gasteiger partial charge in [-0.15, -0.1) is 5.10 Å². The van der Waals surface area contributed by atoms with Crippen molar-refractivity contribution in [1.29, 1.82) is 0 Å². The van der Waals surface area contributed by atoms with Crippen molar-refractivity contribution in [2.24, 2.45) is 0 Å². The monoisotopic (exact) mass is 277 g/mol. The summed E-state index contributed by atoms with van der Waals surface area (Å²) in [6, 6.07) is 0.800. The fourth-order valence-electron chi connectivity index (χ4n) is 1.77. The summed E-state index contributed by atoms with van der Waals surface area (Å²) < 4.78 is 1.44. The maximum atomic E-state index is 12.0. The van der Waals surface area contributed by atoms with E-state index in [1.54, 1.807) is 12.3 Å². The van der Waals surface area contributed by atoms with Gasteiger partial charge >= 0.3 is 5.97 Å². The molecule has 0 aliphatic heterocycles. The van der Waals surface area contributed by atoms with E-state index in [2.05, 4.69) is 20.4 Å². The van der Waals surface area contributed by atoms with Crippen LogP contribution < -0.4 is 5.32 Å². The molecule has 2 N–H and O–H groups in total. The molecule has 2 heterocycles. The maximum Gasteiger partial charge on any atom is 0.326 e. The van der Waals surface area contributed by atoms with Gasteiger partial charge in [0.15, 0.2) is 0 Å². The Hall–Kier alpha value is -2.51. The number of fused-ring (bicyclic) bond motifs is 1. The number of aryl methyl sites for hydroxylation is 1. The molecule has 2 aromatic heterocycles. The number of hydrogen-bond donors (Lipinski definition) is 2. The number of carboxylic acids is 1. The second kappa shape index (κ2) is 5.64. The van der Waals surface area contributed by atoms with E-state index >= 15 is 0 Å². The minimum absolute atomic E-state index is 0.0887. The second-order valence-electron chi connectivity index (χ2n) is 4.39. The van der Waals surface area contributed by atoms with Gasteiger partial charge < -0.3 is 10.4 Å². The number of aromatic nitrogens is 4. The first kappa shape index (κ1) is 13.9. The Labute approximate surface area is 114 Å². The Morgan fingerprint density at radius 3 is 2.85 bits per heavy atom. The molecule has 8 heteroatoms. The molecular formula is C12H15N5O3. The van der Waals surface area contributed by atoms with Crippen LogP contribution in [0.5, 0.6) is 0 Å². The smallest absolute Gasteiger partial charge is 0.326 e. The normalized spacial score (nSPS) is 12.3. The van der Waals surface area contributed by atoms with Gasteiger partial charge in [-0.25, -0.2) is 14.3 Å². The summed E-state index contributed by atoms with van der Waals surface area (Å²) in [4.78, 5) is 31.0. The Kier molecular flexibility index (Phi) is 3.92. The maximum absolute atomic E-state index is 12.0. The summed E-state index contributed by atoms with van der Waals surface area (Å²) in [6.45, 7) is 3.65. The molecule has 0 fully saturated rings. The number of rotatable bonds is 5. The Balaban J connectivity index is 2.22. The summed E-state index contributed by atoms with van der Waals surface area (Å²) in [6.07, 6.45) is 2.57. The molecule has 106 valence electrons. The summed E-state index contributed by atoms with van der Waals surface area (Å²) in [5, 5.41) is 15.4. The average molecular weight is 277 g/mol. The molecular weight excluding hydrogens is 262 g/mol. The molecule has 20 heavy (non-hydrogen) atoms. The van der Waals surface area contributed by atoms with E-state index in [0.717, 1.165) is 5.69 Å². The molecule has 0 saturated carbocycles. The molecule has 0 spiro atoms. The minimum Gasteiger partial charge on any atom is -0.480 e. The number of hydrogen-bond acceptors (Lipinski definition) is 5. The van der Waals surface area contributed by atoms with Crippen molar-refractivity contribution in [2.45, 2.75) is 32.7 Å². The lowest BCUT2D eigenvalue weighted by atomic mass is 10.1. The number of carboxylic acid groups (broad SMARTS) is 1. The van der Waals surface area contributed by atoms with Crippen molar-refractivity contribution in [2.75, 3.05) is 0 Å². The number of aliphatic carboxylic acids is 1. The molecule has 0 aromatic carbocycles. The zero-order valence-electron chi connectivity index (χ0n) is 11.2. The zero-order valence-corrected chi connectivity index (χ0v) is 11.2. The van der Waals surface area contributed by atoms with Crippen molar-refractivity contribution in [3.63, 3.8) is 0 Å². The predicted molar refractivity (Wildman–Crippen MR) is 69.3 cm³/mol. The number of nitrogens with one attached hydrogen (secondary N) is 1. The van der Waals surface area contributed by atoms with Crippen molar-refractivity contribution in [1.82, 2.24) is 24.9 Å². The molecule has 2 rings (SSSR count). The molecule has 1 amide bonds. The average Bonchev–Trinajstić information content (AvgIpc) is 2.83. The molecule has 0 saturated heterocycles. The van der Waals surface area contributed by atoms with Crippen LogP contribution in [0.25, 0.3) is 5.78 Å². The van der Waals surface area contributed by atoms with Crippen LogP contribution in [0.1, 0.15) is 36.1 Å². The fraction of sp³-hybridized carbons (Fsp3) is 0.417. The first-order valence-corrected chi connectivity index (χ1v) is 6.25. The number of carbonyl (C=O) groups is 2. The molecule has 0 unspecified atom stereocenters. The topological polar surface area (TPSA) is 109 Å². The van der Waals surface area contributed by atoms with E-state index < -0.39 is 17.9 Å². The number of amides is 1. The van der Waals surface area contributed by atoms with Gasteiger partial charge in [-0.05, 0) is 19.4 Å². The lowest BCUT2D eigenvalue weighted by Gasteiger charge is -2.11. The van der Waals surface area contributed by atoms with E-state index in [-0.39, 0.29) is 5.82 Å². The third-order valence-corrected chi connectivity index (χ3v) is 2.81. The molecule has 0 aliphatic carbocycles. The Morgan fingerprint density at radius 1 is 1.50 bits per heavy atom. The Morgan fingerprint density at radius 2 is 2.25 bits per heavy atom. The highest BCUT2D eigenvalue weighted by atomic mass is 16.4. The van der Waals surface area contributed by atoms with Gasteiger partial charge in [0.1, 0.15) is 6.04 Å². The molecule has 8 nitrogen and oxygen atoms in total. The molecule has 1 atom stereocenters. The van der Waals surface area contributed by atoms with Gasteiger partial charge in [0.25, 0.3) is 11.7 Å². The summed E-state index contributed by atoms with van der Waals surface area (Å²) in [5.41, 5.74) is 0.782. The van der Waals surface area contributed by atoms with Gasteiger partial charge in [-0.2, -0.15) is 4.98 Å². The lowest BCUT2D eigenvalue weighted by molar-refractivity contribution is -0.139. The highest BCUT2D eigenvalue weighted by Crippen LogP contribution is 2.03. The standard InChI is InChI=1S/C12H15N5O3/c1-3-4-8(11(19)20)14-10(18)9-15-12-13-6-5-7(2)17(12)16-9/h5-6,8H,3-4H2,1-2H3,(H,14,18)(H,19,20)/t8-/m0/s1. The number of nitrogens with zero attached hydrogens (tertiary/aromatic N) is 4. The van der Waals surface area contributed by atoms with Crippen LogP contribution >= 0.6 is 0 Å². The van der Waals surface area contributed by atoms with E-state index in [9.17, 15) is 9.59 Å². The summed E-state index contributed by atoms with van der Waals surface area (Å²) in [5.74, 6) is -1.47. The summed E-state index contributed by atoms with van der Waals surface area (Å²) >= 11 is 0. The first-order valence-electron chi connectivity index (χ1n) is 6.25. The van der Waals surface area contributed by atoms with Gasteiger partial charge in [-0.3, -0.25) is 4.79 Å². The van der Waals surface area contributed by atoms with E-state index in [1.807, 2.05) is 13.8 Å². The van der Waals surface area contributed by atoms with Gasteiger partial charge in [0.2, 0.25) is 5.82 Å². The highest BCUT2D eigenvalue weighted by Gasteiger charge is 2.22. The Bertz CT molecular complexity index is 652. The SMILES string of the molecule is CCC[C@H](NC(=O)c1nc2nccc(C)n2n1)C(=O)O. The van der Waals surface area contributed by atoms with Crippen LogP contribution in [-0.2, 0) is 4.79 Å². The first-order chi connectivity index (χ1) is 9.52.